The number of rotatable bonds is 1. The topological polar surface area (TPSA) is 33.0 Å². The van der Waals surface area contributed by atoms with Crippen LogP contribution in [0.3, 0.4) is 0 Å². The van der Waals surface area contributed by atoms with E-state index in [0.29, 0.717) is 5.56 Å². The van der Waals surface area contributed by atoms with E-state index in [2.05, 4.69) is 72.8 Å². The van der Waals surface area contributed by atoms with Gasteiger partial charge in [-0.2, -0.15) is 5.26 Å². The smallest absolute Gasteiger partial charge is 0.131 e. The highest BCUT2D eigenvalue weighted by molar-refractivity contribution is 6.03. The second-order valence-electron chi connectivity index (χ2n) is 7.50. The van der Waals surface area contributed by atoms with Crippen molar-refractivity contribution in [3.8, 4) is 22.9 Å². The lowest BCUT2D eigenvalue weighted by molar-refractivity contribution is 0.360. The van der Waals surface area contributed by atoms with Crippen molar-refractivity contribution in [2.45, 2.75) is 12.3 Å². The first-order chi connectivity index (χ1) is 13.9. The van der Waals surface area contributed by atoms with E-state index < -0.39 is 0 Å². The van der Waals surface area contributed by atoms with Gasteiger partial charge in [0.25, 0.3) is 0 Å². The van der Waals surface area contributed by atoms with Crippen LogP contribution < -0.4 is 4.74 Å². The van der Waals surface area contributed by atoms with Crippen LogP contribution in [0, 0.1) is 11.3 Å². The number of fused-ring (bicyclic) bond motifs is 8. The highest BCUT2D eigenvalue weighted by atomic mass is 16.5. The Balaban J connectivity index is 1.79. The van der Waals surface area contributed by atoms with Gasteiger partial charge in [0.2, 0.25) is 0 Å². The fourth-order valence-electron chi connectivity index (χ4n) is 5.00. The summed E-state index contributed by atoms with van der Waals surface area (Å²) in [5, 5.41) is 11.9. The minimum Gasteiger partial charge on any atom is -0.492 e. The van der Waals surface area contributed by atoms with Gasteiger partial charge in [0, 0.05) is 23.3 Å². The molecule has 4 aromatic rings. The largest absolute Gasteiger partial charge is 0.492 e. The fraction of sp³-hybridized carbons (Fsp3) is 0.115. The molecular weight excluding hydrogens is 342 g/mol. The zero-order chi connectivity index (χ0) is 18.7. The van der Waals surface area contributed by atoms with Gasteiger partial charge in [-0.1, -0.05) is 60.7 Å². The highest BCUT2D eigenvalue weighted by Crippen LogP contribution is 2.55. The molecule has 0 radical (unpaired) electrons. The van der Waals surface area contributed by atoms with Gasteiger partial charge >= 0.3 is 0 Å². The van der Waals surface area contributed by atoms with Crippen LogP contribution >= 0.6 is 0 Å². The first kappa shape index (κ1) is 15.5. The highest BCUT2D eigenvalue weighted by Gasteiger charge is 2.36. The molecule has 1 aliphatic heterocycles. The van der Waals surface area contributed by atoms with E-state index in [1.54, 1.807) is 0 Å². The SMILES string of the molecule is N#Cc1ccc2c(c1)C(c1ccccc1)c1c-2c2c(c3ccccc13)OCC2. The maximum Gasteiger partial charge on any atom is 0.131 e. The van der Waals surface area contributed by atoms with E-state index in [9.17, 15) is 5.26 Å². The van der Waals surface area contributed by atoms with Crippen molar-refractivity contribution in [1.29, 1.82) is 5.26 Å². The molecule has 2 heteroatoms. The van der Waals surface area contributed by atoms with E-state index in [0.717, 1.165) is 18.8 Å². The molecule has 0 bridgehead atoms. The summed E-state index contributed by atoms with van der Waals surface area (Å²) in [6.45, 7) is 0.734. The van der Waals surface area contributed by atoms with Crippen molar-refractivity contribution in [1.82, 2.24) is 0 Å². The van der Waals surface area contributed by atoms with Crippen LogP contribution in [0.25, 0.3) is 21.9 Å². The first-order valence-corrected chi connectivity index (χ1v) is 9.66. The van der Waals surface area contributed by atoms with Crippen LogP contribution in [-0.4, -0.2) is 6.61 Å². The van der Waals surface area contributed by atoms with Crippen LogP contribution in [0.5, 0.6) is 5.75 Å². The lowest BCUT2D eigenvalue weighted by Crippen LogP contribution is -2.01. The molecule has 4 aromatic carbocycles. The Morgan fingerprint density at radius 2 is 1.68 bits per heavy atom. The molecule has 6 rings (SSSR count). The molecule has 0 spiro atoms. The van der Waals surface area contributed by atoms with Gasteiger partial charge in [-0.05, 0) is 45.3 Å². The Morgan fingerprint density at radius 3 is 2.50 bits per heavy atom. The summed E-state index contributed by atoms with van der Waals surface area (Å²) in [4.78, 5) is 0. The Bertz CT molecular complexity index is 1300. The third kappa shape index (κ3) is 1.96. The van der Waals surface area contributed by atoms with Crippen molar-refractivity contribution < 1.29 is 4.74 Å². The standard InChI is InChI=1S/C26H17NO/c27-15-16-10-11-19-22(14-16)23(17-6-2-1-3-7-17)25-18-8-4-5-9-20(18)26-21(24(19)25)12-13-28-26/h1-11,14,23H,12-13H2. The van der Waals surface area contributed by atoms with Gasteiger partial charge < -0.3 is 4.74 Å². The summed E-state index contributed by atoms with van der Waals surface area (Å²) in [6.07, 6.45) is 0.934. The van der Waals surface area contributed by atoms with E-state index >= 15 is 0 Å². The van der Waals surface area contributed by atoms with Crippen LogP contribution in [0.15, 0.2) is 72.8 Å². The first-order valence-electron chi connectivity index (χ1n) is 9.66. The van der Waals surface area contributed by atoms with Gasteiger partial charge in [-0.15, -0.1) is 0 Å². The number of benzene rings is 4. The summed E-state index contributed by atoms with van der Waals surface area (Å²) in [6, 6.07) is 27.7. The molecule has 1 aliphatic carbocycles. The lowest BCUT2D eigenvalue weighted by Gasteiger charge is -2.18. The lowest BCUT2D eigenvalue weighted by atomic mass is 9.85. The minimum absolute atomic E-state index is 0.135. The van der Waals surface area contributed by atoms with Crippen LogP contribution in [-0.2, 0) is 6.42 Å². The molecule has 2 nitrogen and oxygen atoms in total. The van der Waals surface area contributed by atoms with Crippen LogP contribution in [0.1, 0.15) is 33.7 Å². The third-order valence-corrected chi connectivity index (χ3v) is 6.09. The van der Waals surface area contributed by atoms with E-state index in [4.69, 9.17) is 4.74 Å². The number of nitrogens with zero attached hydrogens (tertiary/aromatic N) is 1. The Morgan fingerprint density at radius 1 is 0.893 bits per heavy atom. The molecule has 0 saturated heterocycles. The third-order valence-electron chi connectivity index (χ3n) is 6.09. The average molecular weight is 359 g/mol. The molecule has 0 aromatic heterocycles. The molecule has 132 valence electrons. The molecule has 2 aliphatic rings. The molecule has 1 unspecified atom stereocenters. The molecular formula is C26H17NO. The zero-order valence-corrected chi connectivity index (χ0v) is 15.3. The van der Waals surface area contributed by atoms with Crippen molar-refractivity contribution >= 4 is 10.8 Å². The van der Waals surface area contributed by atoms with E-state index in [-0.39, 0.29) is 5.92 Å². The second kappa shape index (κ2) is 5.71. The number of ether oxygens (including phenoxy) is 1. The zero-order valence-electron chi connectivity index (χ0n) is 15.3. The quantitative estimate of drug-likeness (QED) is 0.378. The minimum atomic E-state index is 0.135. The second-order valence-corrected chi connectivity index (χ2v) is 7.50. The Kier molecular flexibility index (Phi) is 3.16. The molecule has 1 atom stereocenters. The van der Waals surface area contributed by atoms with Crippen molar-refractivity contribution in [3.63, 3.8) is 0 Å². The molecule has 1 heterocycles. The summed E-state index contributed by atoms with van der Waals surface area (Å²) >= 11 is 0. The van der Waals surface area contributed by atoms with Gasteiger partial charge in [-0.3, -0.25) is 0 Å². The van der Waals surface area contributed by atoms with Crippen LogP contribution in [0.2, 0.25) is 0 Å². The maximum absolute atomic E-state index is 9.50. The predicted molar refractivity (Wildman–Crippen MR) is 111 cm³/mol. The summed E-state index contributed by atoms with van der Waals surface area (Å²) in [5.41, 5.74) is 8.45. The predicted octanol–water partition coefficient (Wildman–Crippen LogP) is 5.81. The van der Waals surface area contributed by atoms with E-state index in [1.807, 2.05) is 6.07 Å². The number of hydrogen-bond acceptors (Lipinski definition) is 2. The molecule has 28 heavy (non-hydrogen) atoms. The summed E-state index contributed by atoms with van der Waals surface area (Å²) < 4.78 is 6.09. The Labute approximate surface area is 163 Å². The molecule has 0 N–H and O–H groups in total. The average Bonchev–Trinajstić information content (AvgIpc) is 3.37. The van der Waals surface area contributed by atoms with Gasteiger partial charge in [0.15, 0.2) is 0 Å². The fourth-order valence-corrected chi connectivity index (χ4v) is 5.00. The van der Waals surface area contributed by atoms with E-state index in [1.165, 1.54) is 44.2 Å². The maximum atomic E-state index is 9.50. The summed E-state index contributed by atoms with van der Waals surface area (Å²) in [5.74, 6) is 1.17. The number of nitriles is 1. The van der Waals surface area contributed by atoms with Crippen molar-refractivity contribution in [2.24, 2.45) is 0 Å². The molecule has 0 saturated carbocycles. The van der Waals surface area contributed by atoms with Gasteiger partial charge in [0.1, 0.15) is 5.75 Å². The monoisotopic (exact) mass is 359 g/mol. The molecule has 0 amide bonds. The van der Waals surface area contributed by atoms with Gasteiger partial charge in [0.05, 0.1) is 18.2 Å². The normalized spacial score (nSPS) is 16.2. The number of hydrogen-bond donors (Lipinski definition) is 0. The summed E-state index contributed by atoms with van der Waals surface area (Å²) in [7, 11) is 0. The van der Waals surface area contributed by atoms with Crippen molar-refractivity contribution in [3.05, 3.63) is 101 Å². The van der Waals surface area contributed by atoms with Crippen molar-refractivity contribution in [2.75, 3.05) is 6.61 Å². The Hall–Kier alpha value is -3.57. The molecule has 0 fully saturated rings. The van der Waals surface area contributed by atoms with Gasteiger partial charge in [-0.25, -0.2) is 0 Å². The van der Waals surface area contributed by atoms with Crippen LogP contribution in [0.4, 0.5) is 0 Å².